The van der Waals surface area contributed by atoms with Crippen molar-refractivity contribution >= 4 is 5.52 Å². The Kier molecular flexibility index (Phi) is 2.38. The van der Waals surface area contributed by atoms with Gasteiger partial charge in [0.25, 0.3) is 0 Å². The Hall–Kier alpha value is -1.39. The van der Waals surface area contributed by atoms with Crippen LogP contribution in [-0.2, 0) is 11.3 Å². The van der Waals surface area contributed by atoms with Gasteiger partial charge in [-0.25, -0.2) is 4.98 Å². The molecule has 1 atom stereocenters. The van der Waals surface area contributed by atoms with Gasteiger partial charge in [-0.3, -0.25) is 0 Å². The molecule has 2 aromatic heterocycles. The van der Waals surface area contributed by atoms with Gasteiger partial charge in [0.15, 0.2) is 0 Å². The molecular weight excluding hydrogens is 202 g/mol. The van der Waals surface area contributed by atoms with Gasteiger partial charge in [0.1, 0.15) is 11.9 Å². The number of fused-ring (bicyclic) bond motifs is 1. The molecule has 1 fully saturated rings. The minimum atomic E-state index is 0.159. The van der Waals surface area contributed by atoms with Crippen molar-refractivity contribution < 1.29 is 4.74 Å². The molecule has 3 heterocycles. The molecule has 0 amide bonds. The molecule has 0 bridgehead atoms. The van der Waals surface area contributed by atoms with E-state index in [0.29, 0.717) is 6.54 Å². The van der Waals surface area contributed by atoms with Crippen LogP contribution in [0.25, 0.3) is 5.52 Å². The summed E-state index contributed by atoms with van der Waals surface area (Å²) in [5.41, 5.74) is 7.84. The molecule has 4 heteroatoms. The van der Waals surface area contributed by atoms with E-state index in [1.165, 1.54) is 0 Å². The van der Waals surface area contributed by atoms with Crippen LogP contribution in [0.2, 0.25) is 0 Å². The zero-order valence-electron chi connectivity index (χ0n) is 9.10. The van der Waals surface area contributed by atoms with E-state index in [9.17, 15) is 0 Å². The fraction of sp³-hybridized carbons (Fsp3) is 0.417. The molecule has 3 rings (SSSR count). The monoisotopic (exact) mass is 217 g/mol. The molecule has 1 aliphatic rings. The first-order valence-electron chi connectivity index (χ1n) is 5.66. The number of pyridine rings is 1. The molecule has 84 valence electrons. The van der Waals surface area contributed by atoms with Crippen molar-refractivity contribution in [3.8, 4) is 0 Å². The zero-order chi connectivity index (χ0) is 11.0. The van der Waals surface area contributed by atoms with Crippen molar-refractivity contribution in [1.82, 2.24) is 9.38 Å². The minimum Gasteiger partial charge on any atom is -0.370 e. The van der Waals surface area contributed by atoms with E-state index in [1.807, 2.05) is 18.5 Å². The van der Waals surface area contributed by atoms with Crippen LogP contribution in [-0.4, -0.2) is 16.0 Å². The standard InChI is InChI=1S/C12H15N3O/c13-7-9-3-4-15-10(6-9)8-14-12(15)11-2-1-5-16-11/h3-4,6,8,11H,1-2,5,7,13H2. The van der Waals surface area contributed by atoms with Gasteiger partial charge in [-0.15, -0.1) is 0 Å². The SMILES string of the molecule is NCc1ccn2c(C3CCCO3)ncc2c1. The number of hydrogen-bond donors (Lipinski definition) is 1. The van der Waals surface area contributed by atoms with Crippen LogP contribution >= 0.6 is 0 Å². The normalized spacial score (nSPS) is 20.7. The molecule has 0 aliphatic carbocycles. The lowest BCUT2D eigenvalue weighted by molar-refractivity contribution is 0.104. The van der Waals surface area contributed by atoms with Gasteiger partial charge in [-0.1, -0.05) is 0 Å². The Morgan fingerprint density at radius 2 is 2.50 bits per heavy atom. The smallest absolute Gasteiger partial charge is 0.142 e. The van der Waals surface area contributed by atoms with Gasteiger partial charge in [0.2, 0.25) is 0 Å². The number of aromatic nitrogens is 2. The zero-order valence-corrected chi connectivity index (χ0v) is 9.10. The van der Waals surface area contributed by atoms with E-state index in [-0.39, 0.29) is 6.10 Å². The third-order valence-corrected chi connectivity index (χ3v) is 3.08. The predicted molar refractivity (Wildman–Crippen MR) is 61.0 cm³/mol. The van der Waals surface area contributed by atoms with Gasteiger partial charge < -0.3 is 14.9 Å². The van der Waals surface area contributed by atoms with Gasteiger partial charge in [0.05, 0.1) is 11.7 Å². The van der Waals surface area contributed by atoms with E-state index in [0.717, 1.165) is 36.4 Å². The van der Waals surface area contributed by atoms with E-state index in [1.54, 1.807) is 0 Å². The average molecular weight is 217 g/mol. The fourth-order valence-electron chi connectivity index (χ4n) is 2.21. The minimum absolute atomic E-state index is 0.159. The van der Waals surface area contributed by atoms with Crippen LogP contribution in [0, 0.1) is 0 Å². The van der Waals surface area contributed by atoms with Crippen molar-refractivity contribution in [1.29, 1.82) is 0 Å². The molecule has 1 aliphatic heterocycles. The summed E-state index contributed by atoms with van der Waals surface area (Å²) in [5.74, 6) is 1.01. The van der Waals surface area contributed by atoms with E-state index >= 15 is 0 Å². The summed E-state index contributed by atoms with van der Waals surface area (Å²) in [4.78, 5) is 4.45. The molecule has 4 nitrogen and oxygen atoms in total. The Morgan fingerprint density at radius 3 is 3.25 bits per heavy atom. The maximum Gasteiger partial charge on any atom is 0.142 e. The van der Waals surface area contributed by atoms with Crippen LogP contribution in [0.4, 0.5) is 0 Å². The third kappa shape index (κ3) is 1.50. The van der Waals surface area contributed by atoms with E-state index < -0.39 is 0 Å². The fourth-order valence-corrected chi connectivity index (χ4v) is 2.21. The van der Waals surface area contributed by atoms with Crippen LogP contribution in [0.5, 0.6) is 0 Å². The number of rotatable bonds is 2. The van der Waals surface area contributed by atoms with Gasteiger partial charge in [-0.2, -0.15) is 0 Å². The maximum absolute atomic E-state index is 5.65. The highest BCUT2D eigenvalue weighted by Gasteiger charge is 2.21. The van der Waals surface area contributed by atoms with Crippen LogP contribution in [0.1, 0.15) is 30.3 Å². The number of imidazole rings is 1. The summed E-state index contributed by atoms with van der Waals surface area (Å²) in [6, 6.07) is 4.11. The van der Waals surface area contributed by atoms with Crippen LogP contribution in [0.15, 0.2) is 24.5 Å². The lowest BCUT2D eigenvalue weighted by atomic mass is 10.2. The lowest BCUT2D eigenvalue weighted by Crippen LogP contribution is -2.03. The largest absolute Gasteiger partial charge is 0.370 e. The first kappa shape index (κ1) is 9.81. The summed E-state index contributed by atoms with van der Waals surface area (Å²) in [6.45, 7) is 1.41. The number of ether oxygens (including phenoxy) is 1. The van der Waals surface area contributed by atoms with Crippen molar-refractivity contribution in [3.05, 3.63) is 35.9 Å². The molecule has 1 saturated heterocycles. The number of nitrogens with two attached hydrogens (primary N) is 1. The Labute approximate surface area is 94.0 Å². The van der Waals surface area contributed by atoms with Crippen molar-refractivity contribution in [2.24, 2.45) is 5.73 Å². The summed E-state index contributed by atoms with van der Waals surface area (Å²) in [5, 5.41) is 0. The second kappa shape index (κ2) is 3.88. The molecule has 0 radical (unpaired) electrons. The maximum atomic E-state index is 5.65. The Balaban J connectivity index is 2.06. The predicted octanol–water partition coefficient (Wildman–Crippen LogP) is 1.64. The van der Waals surface area contributed by atoms with Crippen molar-refractivity contribution in [2.45, 2.75) is 25.5 Å². The highest BCUT2D eigenvalue weighted by Crippen LogP contribution is 2.28. The number of hydrogen-bond acceptors (Lipinski definition) is 3. The second-order valence-corrected chi connectivity index (χ2v) is 4.15. The lowest BCUT2D eigenvalue weighted by Gasteiger charge is -2.08. The molecule has 1 unspecified atom stereocenters. The first-order chi connectivity index (χ1) is 7.88. The van der Waals surface area contributed by atoms with Crippen LogP contribution in [0.3, 0.4) is 0 Å². The molecule has 2 aromatic rings. The molecule has 0 spiro atoms. The molecule has 16 heavy (non-hydrogen) atoms. The second-order valence-electron chi connectivity index (χ2n) is 4.15. The molecule has 0 saturated carbocycles. The summed E-state index contributed by atoms with van der Waals surface area (Å²) < 4.78 is 7.75. The van der Waals surface area contributed by atoms with Crippen molar-refractivity contribution in [2.75, 3.05) is 6.61 Å². The highest BCUT2D eigenvalue weighted by molar-refractivity contribution is 5.48. The summed E-state index contributed by atoms with van der Waals surface area (Å²) in [6.07, 6.45) is 6.27. The van der Waals surface area contributed by atoms with Gasteiger partial charge >= 0.3 is 0 Å². The summed E-state index contributed by atoms with van der Waals surface area (Å²) >= 11 is 0. The Morgan fingerprint density at radius 1 is 1.56 bits per heavy atom. The topological polar surface area (TPSA) is 52.5 Å². The van der Waals surface area contributed by atoms with Crippen LogP contribution < -0.4 is 5.73 Å². The van der Waals surface area contributed by atoms with E-state index in [2.05, 4.69) is 15.5 Å². The number of nitrogens with zero attached hydrogens (tertiary/aromatic N) is 2. The van der Waals surface area contributed by atoms with Gasteiger partial charge in [0, 0.05) is 19.3 Å². The quantitative estimate of drug-likeness (QED) is 0.832. The molecule has 0 aromatic carbocycles. The summed E-state index contributed by atoms with van der Waals surface area (Å²) in [7, 11) is 0. The molecule has 2 N–H and O–H groups in total. The van der Waals surface area contributed by atoms with Gasteiger partial charge in [-0.05, 0) is 30.5 Å². The first-order valence-corrected chi connectivity index (χ1v) is 5.66. The molecular formula is C12H15N3O. The highest BCUT2D eigenvalue weighted by atomic mass is 16.5. The van der Waals surface area contributed by atoms with Crippen molar-refractivity contribution in [3.63, 3.8) is 0 Å². The van der Waals surface area contributed by atoms with E-state index in [4.69, 9.17) is 10.5 Å². The Bertz CT molecular complexity index is 500. The third-order valence-electron chi connectivity index (χ3n) is 3.08. The average Bonchev–Trinajstić information content (AvgIpc) is 2.96.